The highest BCUT2D eigenvalue weighted by Gasteiger charge is 2.31. The maximum Gasteiger partial charge on any atom is 0.277 e. The Labute approximate surface area is 335 Å². The molecule has 0 aliphatic carbocycles. The molecular formula is C38H30F2N8O8S2. The molecule has 2 aliphatic rings. The number of primary amides is 2. The highest BCUT2D eigenvalue weighted by molar-refractivity contribution is 7.14. The molecule has 8 rings (SSSR count). The van der Waals surface area contributed by atoms with E-state index in [1.165, 1.54) is 13.8 Å². The second-order valence-electron chi connectivity index (χ2n) is 13.1. The first-order valence-electron chi connectivity index (χ1n) is 17.1. The Balaban J connectivity index is 0.000000177. The number of ether oxygens (including phenoxy) is 2. The van der Waals surface area contributed by atoms with Crippen LogP contribution in [0, 0.1) is 37.5 Å². The number of rotatable bonds is 4. The van der Waals surface area contributed by atoms with Gasteiger partial charge in [0.25, 0.3) is 11.8 Å². The number of carbonyl (C=O) groups excluding carboxylic acids is 2. The molecule has 0 bridgehead atoms. The number of benzene rings is 2. The molecule has 6 heterocycles. The number of aryl methyl sites for hydroxylation is 2. The van der Waals surface area contributed by atoms with Crippen molar-refractivity contribution in [2.75, 3.05) is 13.2 Å². The van der Waals surface area contributed by atoms with Crippen molar-refractivity contribution in [2.45, 2.75) is 51.2 Å². The predicted octanol–water partition coefficient (Wildman–Crippen LogP) is 4.53. The van der Waals surface area contributed by atoms with E-state index < -0.39 is 35.4 Å². The number of aliphatic hydroxyl groups is 2. The number of alkyl halides is 2. The highest BCUT2D eigenvalue weighted by atomic mass is 32.1. The van der Waals surface area contributed by atoms with E-state index in [9.17, 15) is 28.6 Å². The number of hydrogen-bond acceptors (Lipinski definition) is 16. The summed E-state index contributed by atoms with van der Waals surface area (Å²) in [5.41, 5.74) is 9.96. The zero-order valence-electron chi connectivity index (χ0n) is 30.8. The van der Waals surface area contributed by atoms with Gasteiger partial charge in [0.05, 0.1) is 21.1 Å². The Bertz CT molecular complexity index is 2530. The molecular weight excluding hydrogens is 799 g/mol. The van der Waals surface area contributed by atoms with Gasteiger partial charge in [-0.1, -0.05) is 34.0 Å². The zero-order chi connectivity index (χ0) is 41.5. The number of carbonyl (C=O) groups is 2. The molecule has 0 spiro atoms. The Morgan fingerprint density at radius 3 is 1.47 bits per heavy atom. The fourth-order valence-corrected chi connectivity index (χ4v) is 7.28. The Kier molecular flexibility index (Phi) is 10.5. The van der Waals surface area contributed by atoms with Gasteiger partial charge in [-0.05, 0) is 50.2 Å². The molecule has 6 aromatic rings. The third-order valence-corrected chi connectivity index (χ3v) is 10.7. The van der Waals surface area contributed by atoms with Gasteiger partial charge in [0.15, 0.2) is 33.6 Å². The molecule has 0 saturated carbocycles. The number of fused-ring (bicyclic) bond motifs is 6. The fourth-order valence-electron chi connectivity index (χ4n) is 5.49. The predicted molar refractivity (Wildman–Crippen MR) is 202 cm³/mol. The molecule has 6 N–H and O–H groups in total. The zero-order valence-corrected chi connectivity index (χ0v) is 32.4. The van der Waals surface area contributed by atoms with E-state index in [0.717, 1.165) is 22.7 Å². The van der Waals surface area contributed by atoms with E-state index in [1.807, 2.05) is 0 Å². The van der Waals surface area contributed by atoms with E-state index in [-0.39, 0.29) is 44.6 Å². The van der Waals surface area contributed by atoms with Crippen LogP contribution in [-0.4, -0.2) is 65.5 Å². The summed E-state index contributed by atoms with van der Waals surface area (Å²) in [6, 6.07) is 9.92. The van der Waals surface area contributed by atoms with Gasteiger partial charge in [-0.15, -0.1) is 22.7 Å². The van der Waals surface area contributed by atoms with Crippen LogP contribution in [0.5, 0.6) is 11.5 Å². The largest absolute Gasteiger partial charge is 0.489 e. The number of hydrogen-bond donors (Lipinski definition) is 4. The minimum absolute atomic E-state index is 0.0254. The third-order valence-electron chi connectivity index (χ3n) is 8.36. The summed E-state index contributed by atoms with van der Waals surface area (Å²) >= 11 is 1.82. The Morgan fingerprint density at radius 1 is 0.724 bits per heavy atom. The van der Waals surface area contributed by atoms with Crippen molar-refractivity contribution in [3.8, 4) is 57.7 Å². The molecule has 0 fully saturated rings. The summed E-state index contributed by atoms with van der Waals surface area (Å²) in [5, 5.41) is 28.4. The molecule has 2 aromatic carbocycles. The molecule has 4 atom stereocenters. The molecule has 0 unspecified atom stereocenters. The van der Waals surface area contributed by atoms with Crippen molar-refractivity contribution in [1.82, 2.24) is 30.2 Å². The van der Waals surface area contributed by atoms with Crippen LogP contribution in [0.3, 0.4) is 0 Å². The van der Waals surface area contributed by atoms with Gasteiger partial charge in [-0.2, -0.15) is 9.97 Å². The van der Waals surface area contributed by atoms with E-state index in [1.54, 1.807) is 50.2 Å². The molecule has 20 heteroatoms. The lowest BCUT2D eigenvalue weighted by atomic mass is 10.0. The Morgan fingerprint density at radius 2 is 1.12 bits per heavy atom. The SMILES string of the molecule is Cc1nc([C@](C)(O)C#Cc2ccc3c(c2)-c2nc(C(N)=O)sc2[C@@H](F)CO3)no1.Cc1nc([C@](C)(O)C#Cc2ccc3c(c2)-c2nc(C(N)=O)sc2[C@H](F)CO3)no1. The summed E-state index contributed by atoms with van der Waals surface area (Å²) in [6.07, 6.45) is -2.86. The first kappa shape index (κ1) is 39.6. The summed E-state index contributed by atoms with van der Waals surface area (Å²) in [5.74, 6) is 11.2. The minimum Gasteiger partial charge on any atom is -0.489 e. The van der Waals surface area contributed by atoms with Crippen LogP contribution in [0.1, 0.15) is 90.1 Å². The van der Waals surface area contributed by atoms with Crippen LogP contribution in [-0.2, 0) is 11.2 Å². The molecule has 2 amide bonds. The van der Waals surface area contributed by atoms with Crippen LogP contribution in [0.25, 0.3) is 22.5 Å². The van der Waals surface area contributed by atoms with E-state index in [4.69, 9.17) is 30.0 Å². The van der Waals surface area contributed by atoms with Crippen molar-refractivity contribution >= 4 is 34.5 Å². The second kappa shape index (κ2) is 15.4. The van der Waals surface area contributed by atoms with Gasteiger partial charge >= 0.3 is 0 Å². The van der Waals surface area contributed by atoms with E-state index in [2.05, 4.69) is 53.9 Å². The minimum atomic E-state index is -1.63. The third kappa shape index (κ3) is 8.12. The Hall–Kier alpha value is -6.58. The first-order chi connectivity index (χ1) is 27.5. The maximum absolute atomic E-state index is 14.5. The molecule has 4 aromatic heterocycles. The van der Waals surface area contributed by atoms with Gasteiger partial charge in [-0.25, -0.2) is 18.7 Å². The summed E-state index contributed by atoms with van der Waals surface area (Å²) in [6.45, 7) is 5.71. The lowest BCUT2D eigenvalue weighted by Gasteiger charge is -2.10. The van der Waals surface area contributed by atoms with Crippen molar-refractivity contribution in [2.24, 2.45) is 11.5 Å². The number of halogens is 2. The topological polar surface area (TPSA) is 249 Å². The maximum atomic E-state index is 14.5. The monoisotopic (exact) mass is 828 g/mol. The summed E-state index contributed by atoms with van der Waals surface area (Å²) in [4.78, 5) is 39.9. The van der Waals surface area contributed by atoms with Crippen LogP contribution in [0.4, 0.5) is 8.78 Å². The molecule has 0 radical (unpaired) electrons. The smallest absolute Gasteiger partial charge is 0.277 e. The number of aromatic nitrogens is 6. The summed E-state index contributed by atoms with van der Waals surface area (Å²) < 4.78 is 49.8. The van der Waals surface area contributed by atoms with Gasteiger partial charge < -0.3 is 40.2 Å². The van der Waals surface area contributed by atoms with Crippen LogP contribution in [0.2, 0.25) is 0 Å². The van der Waals surface area contributed by atoms with Crippen LogP contribution >= 0.6 is 22.7 Å². The molecule has 2 aliphatic heterocycles. The van der Waals surface area contributed by atoms with Crippen molar-refractivity contribution in [3.63, 3.8) is 0 Å². The number of nitrogens with zero attached hydrogens (tertiary/aromatic N) is 6. The molecule has 0 saturated heterocycles. The molecule has 296 valence electrons. The lowest BCUT2D eigenvalue weighted by Crippen LogP contribution is -2.20. The van der Waals surface area contributed by atoms with Gasteiger partial charge in [-0.3, -0.25) is 9.59 Å². The van der Waals surface area contributed by atoms with Crippen molar-refractivity contribution in [1.29, 1.82) is 0 Å². The lowest BCUT2D eigenvalue weighted by molar-refractivity contribution is 0.0991. The van der Waals surface area contributed by atoms with Crippen molar-refractivity contribution < 1.29 is 47.1 Å². The standard InChI is InChI=1S/2C19H15FN4O4S/c2*1-9-22-18(24-28-9)19(2,26)6-5-10-3-4-13-11(7-10)14-15(12(20)8-27-13)29-17(23-14)16(21)25/h2*3-4,7,12,26H,8H2,1-2H3,(H2,21,25)/t12-,19+;12-,19-/m01/s1. The number of thiazole rings is 2. The quantitative estimate of drug-likeness (QED) is 0.178. The van der Waals surface area contributed by atoms with E-state index in [0.29, 0.717) is 56.9 Å². The first-order valence-corrected chi connectivity index (χ1v) is 18.7. The fraction of sp³-hybridized carbons (Fsp3) is 0.263. The normalized spacial score (nSPS) is 17.0. The van der Waals surface area contributed by atoms with Crippen molar-refractivity contribution in [3.05, 3.63) is 90.7 Å². The van der Waals surface area contributed by atoms with E-state index >= 15 is 0 Å². The average Bonchev–Trinajstić information content (AvgIpc) is 4.00. The van der Waals surface area contributed by atoms with Gasteiger partial charge in [0.1, 0.15) is 24.7 Å². The van der Waals surface area contributed by atoms with Gasteiger partial charge in [0, 0.05) is 36.1 Å². The van der Waals surface area contributed by atoms with Gasteiger partial charge in [0.2, 0.25) is 23.4 Å². The highest BCUT2D eigenvalue weighted by Crippen LogP contribution is 2.44. The number of amides is 2. The second-order valence-corrected chi connectivity index (χ2v) is 15.2. The van der Waals surface area contributed by atoms with Crippen LogP contribution < -0.4 is 20.9 Å². The summed E-state index contributed by atoms with van der Waals surface area (Å²) in [7, 11) is 0. The number of nitrogens with two attached hydrogens (primary N) is 2. The molecule has 58 heavy (non-hydrogen) atoms. The molecule has 16 nitrogen and oxygen atoms in total. The van der Waals surface area contributed by atoms with Crippen LogP contribution in [0.15, 0.2) is 45.4 Å². The average molecular weight is 829 g/mol.